The van der Waals surface area contributed by atoms with Gasteiger partial charge < -0.3 is 9.88 Å². The van der Waals surface area contributed by atoms with Gasteiger partial charge in [0.2, 0.25) is 0 Å². The summed E-state index contributed by atoms with van der Waals surface area (Å²) in [6, 6.07) is 5.45. The number of nitrogens with one attached hydrogen (secondary N) is 1. The number of nitrogens with zero attached hydrogens (tertiary/aromatic N) is 3. The molecule has 0 saturated carbocycles. The van der Waals surface area contributed by atoms with Gasteiger partial charge in [-0.3, -0.25) is 9.47 Å². The monoisotopic (exact) mass is 406 g/mol. The van der Waals surface area contributed by atoms with Crippen molar-refractivity contribution in [2.75, 3.05) is 37.6 Å². The molecule has 0 spiro atoms. The van der Waals surface area contributed by atoms with E-state index >= 15 is 0 Å². The number of alkyl halides is 3. The number of piperazine rings is 1. The first-order chi connectivity index (χ1) is 13.8. The summed E-state index contributed by atoms with van der Waals surface area (Å²) < 4.78 is 40.5. The first kappa shape index (κ1) is 21.0. The number of halogens is 3. The van der Waals surface area contributed by atoms with Crippen molar-refractivity contribution in [3.05, 3.63) is 64.4 Å². The summed E-state index contributed by atoms with van der Waals surface area (Å²) in [7, 11) is 0. The van der Waals surface area contributed by atoms with Crippen LogP contribution in [0.4, 0.5) is 18.9 Å². The molecule has 1 aliphatic heterocycles. The Hall–Kier alpha value is -2.74. The molecule has 5 nitrogen and oxygen atoms in total. The van der Waals surface area contributed by atoms with E-state index in [9.17, 15) is 18.0 Å². The molecule has 1 saturated heterocycles. The summed E-state index contributed by atoms with van der Waals surface area (Å²) in [5.41, 5.74) is 1.29. The lowest BCUT2D eigenvalue weighted by Gasteiger charge is -2.36. The van der Waals surface area contributed by atoms with Gasteiger partial charge in [-0.1, -0.05) is 18.7 Å². The van der Waals surface area contributed by atoms with Gasteiger partial charge >= 0.3 is 11.9 Å². The van der Waals surface area contributed by atoms with Crippen molar-refractivity contribution < 1.29 is 13.2 Å². The SMILES string of the molecule is C=Cc1c(/C=C\C)[nH]c(=O)n1CCN1CCN(c2cccc(C(F)(F)F)c2)CC1. The minimum Gasteiger partial charge on any atom is -0.369 e. The van der Waals surface area contributed by atoms with Gasteiger partial charge in [-0.2, -0.15) is 13.2 Å². The molecule has 1 aromatic heterocycles. The van der Waals surface area contributed by atoms with Crippen LogP contribution in [0.5, 0.6) is 0 Å². The highest BCUT2D eigenvalue weighted by Crippen LogP contribution is 2.31. The van der Waals surface area contributed by atoms with Crippen molar-refractivity contribution in [3.63, 3.8) is 0 Å². The molecule has 1 N–H and O–H groups in total. The molecular formula is C21H25F3N4O. The molecule has 2 aromatic rings. The number of hydrogen-bond donors (Lipinski definition) is 1. The lowest BCUT2D eigenvalue weighted by molar-refractivity contribution is -0.137. The van der Waals surface area contributed by atoms with Gasteiger partial charge in [-0.25, -0.2) is 4.79 Å². The second-order valence-corrected chi connectivity index (χ2v) is 6.96. The summed E-state index contributed by atoms with van der Waals surface area (Å²) in [5, 5.41) is 0. The van der Waals surface area contributed by atoms with Crippen molar-refractivity contribution in [3.8, 4) is 0 Å². The molecule has 1 fully saturated rings. The normalized spacial score (nSPS) is 15.9. The molecule has 0 bridgehead atoms. The minimum atomic E-state index is -4.34. The Morgan fingerprint density at radius 3 is 2.52 bits per heavy atom. The highest BCUT2D eigenvalue weighted by atomic mass is 19.4. The third-order valence-corrected chi connectivity index (χ3v) is 5.13. The lowest BCUT2D eigenvalue weighted by atomic mass is 10.1. The van der Waals surface area contributed by atoms with E-state index in [4.69, 9.17) is 0 Å². The maximum atomic E-state index is 12.9. The molecule has 29 heavy (non-hydrogen) atoms. The number of hydrogen-bond acceptors (Lipinski definition) is 3. The first-order valence-corrected chi connectivity index (χ1v) is 9.56. The standard InChI is InChI=1S/C21H25F3N4O/c1-3-6-18-19(4-2)28(20(29)25-18)14-11-26-9-12-27(13-10-26)17-8-5-7-16(15-17)21(22,23)24/h3-8,15H,2,9-14H2,1H3,(H,25,29)/b6-3-. The van der Waals surface area contributed by atoms with Crippen LogP contribution >= 0.6 is 0 Å². The molecule has 0 aliphatic carbocycles. The Balaban J connectivity index is 1.60. The van der Waals surface area contributed by atoms with Crippen LogP contribution in [0.15, 0.2) is 41.7 Å². The van der Waals surface area contributed by atoms with Gasteiger partial charge in [0.05, 0.1) is 17.0 Å². The fourth-order valence-corrected chi connectivity index (χ4v) is 3.59. The van der Waals surface area contributed by atoms with Crippen molar-refractivity contribution >= 4 is 17.8 Å². The molecule has 0 amide bonds. The Labute approximate surface area is 167 Å². The lowest BCUT2D eigenvalue weighted by Crippen LogP contribution is -2.47. The summed E-state index contributed by atoms with van der Waals surface area (Å²) in [5.74, 6) is 0. The average molecular weight is 406 g/mol. The summed E-state index contributed by atoms with van der Waals surface area (Å²) >= 11 is 0. The Kier molecular flexibility index (Phi) is 6.32. The molecule has 1 aromatic carbocycles. The van der Waals surface area contributed by atoms with Gasteiger partial charge in [-0.15, -0.1) is 0 Å². The number of imidazole rings is 1. The molecule has 2 heterocycles. The van der Waals surface area contributed by atoms with Gasteiger partial charge in [0.1, 0.15) is 0 Å². The maximum absolute atomic E-state index is 12.9. The first-order valence-electron chi connectivity index (χ1n) is 9.56. The van der Waals surface area contributed by atoms with E-state index in [1.165, 1.54) is 12.1 Å². The van der Waals surface area contributed by atoms with Crippen molar-refractivity contribution in [2.45, 2.75) is 19.6 Å². The largest absolute Gasteiger partial charge is 0.416 e. The fourth-order valence-electron chi connectivity index (χ4n) is 3.59. The molecule has 0 radical (unpaired) electrons. The summed E-state index contributed by atoms with van der Waals surface area (Å²) in [4.78, 5) is 19.2. The topological polar surface area (TPSA) is 44.3 Å². The second-order valence-electron chi connectivity index (χ2n) is 6.96. The fraction of sp³-hybridized carbons (Fsp3) is 0.381. The van der Waals surface area contributed by atoms with Crippen LogP contribution in [-0.4, -0.2) is 47.2 Å². The zero-order chi connectivity index (χ0) is 21.0. The highest BCUT2D eigenvalue weighted by Gasteiger charge is 2.31. The smallest absolute Gasteiger partial charge is 0.369 e. The number of aromatic nitrogens is 2. The number of anilines is 1. The van der Waals surface area contributed by atoms with Crippen molar-refractivity contribution in [1.82, 2.24) is 14.5 Å². The number of rotatable bonds is 6. The maximum Gasteiger partial charge on any atom is 0.416 e. The molecule has 3 rings (SSSR count). The summed E-state index contributed by atoms with van der Waals surface area (Å²) in [6.07, 6.45) is 1.02. The second kappa shape index (κ2) is 8.73. The zero-order valence-corrected chi connectivity index (χ0v) is 16.4. The Morgan fingerprint density at radius 1 is 1.17 bits per heavy atom. The third kappa shape index (κ3) is 4.82. The molecule has 0 atom stereocenters. The van der Waals surface area contributed by atoms with Crippen molar-refractivity contribution in [2.24, 2.45) is 0 Å². The van der Waals surface area contributed by atoms with Crippen LogP contribution in [-0.2, 0) is 12.7 Å². The number of H-pyrrole nitrogens is 1. The molecule has 8 heteroatoms. The third-order valence-electron chi connectivity index (χ3n) is 5.13. The Bertz CT molecular complexity index is 934. The zero-order valence-electron chi connectivity index (χ0n) is 16.4. The van der Waals surface area contributed by atoms with E-state index in [2.05, 4.69) is 16.5 Å². The quantitative estimate of drug-likeness (QED) is 0.796. The number of aromatic amines is 1. The molecule has 156 valence electrons. The predicted octanol–water partition coefficient (Wildman–Crippen LogP) is 3.69. The van der Waals surface area contributed by atoms with Crippen LogP contribution in [0, 0.1) is 0 Å². The van der Waals surface area contributed by atoms with Gasteiger partial charge in [-0.05, 0) is 37.3 Å². The predicted molar refractivity (Wildman–Crippen MR) is 110 cm³/mol. The Morgan fingerprint density at radius 2 is 1.90 bits per heavy atom. The molecule has 1 aliphatic rings. The van der Waals surface area contributed by atoms with E-state index in [-0.39, 0.29) is 5.69 Å². The van der Waals surface area contributed by atoms with Crippen LogP contribution in [0.2, 0.25) is 0 Å². The van der Waals surface area contributed by atoms with Crippen molar-refractivity contribution in [1.29, 1.82) is 0 Å². The highest BCUT2D eigenvalue weighted by molar-refractivity contribution is 5.58. The number of allylic oxidation sites excluding steroid dienone is 1. The van der Waals surface area contributed by atoms with E-state index in [1.54, 1.807) is 16.7 Å². The van der Waals surface area contributed by atoms with Gasteiger partial charge in [0, 0.05) is 45.0 Å². The van der Waals surface area contributed by atoms with Crippen LogP contribution in [0.1, 0.15) is 23.9 Å². The van der Waals surface area contributed by atoms with E-state index in [1.807, 2.05) is 24.0 Å². The van der Waals surface area contributed by atoms with Crippen LogP contribution < -0.4 is 10.6 Å². The average Bonchev–Trinajstić information content (AvgIpc) is 3.00. The minimum absolute atomic E-state index is 0.171. The van der Waals surface area contributed by atoms with Gasteiger partial charge in [0.25, 0.3) is 0 Å². The molecular weight excluding hydrogens is 381 g/mol. The van der Waals surface area contributed by atoms with Gasteiger partial charge in [0.15, 0.2) is 0 Å². The van der Waals surface area contributed by atoms with Crippen LogP contribution in [0.3, 0.4) is 0 Å². The van der Waals surface area contributed by atoms with E-state index in [0.717, 1.165) is 30.5 Å². The molecule has 0 unspecified atom stereocenters. The van der Waals surface area contributed by atoms with Crippen LogP contribution in [0.25, 0.3) is 12.2 Å². The number of benzene rings is 1. The summed E-state index contributed by atoms with van der Waals surface area (Å²) in [6.45, 7) is 9.61. The van der Waals surface area contributed by atoms with E-state index < -0.39 is 11.7 Å². The van der Waals surface area contributed by atoms with E-state index in [0.29, 0.717) is 31.9 Å².